The molecule has 152 valence electrons. The average molecular weight is 420 g/mol. The number of para-hydroxylation sites is 2. The molecular formula is C23H22ClN5O. The molecule has 2 aromatic carbocycles. The van der Waals surface area contributed by atoms with Gasteiger partial charge in [0.15, 0.2) is 0 Å². The molecule has 1 aliphatic heterocycles. The van der Waals surface area contributed by atoms with Crippen molar-refractivity contribution in [3.05, 3.63) is 66.1 Å². The smallest absolute Gasteiger partial charge is 0.131 e. The van der Waals surface area contributed by atoms with Gasteiger partial charge in [-0.3, -0.25) is 0 Å². The Morgan fingerprint density at radius 2 is 1.87 bits per heavy atom. The Morgan fingerprint density at radius 1 is 1.03 bits per heavy atom. The minimum Gasteiger partial charge on any atom is -0.378 e. The van der Waals surface area contributed by atoms with Crippen molar-refractivity contribution in [2.75, 3.05) is 36.5 Å². The molecule has 1 aliphatic rings. The fourth-order valence-corrected chi connectivity index (χ4v) is 4.04. The van der Waals surface area contributed by atoms with E-state index in [-0.39, 0.29) is 0 Å². The zero-order valence-electron chi connectivity index (χ0n) is 16.7. The molecule has 2 aromatic heterocycles. The number of aryl methyl sites for hydroxylation is 1. The van der Waals surface area contributed by atoms with Crippen molar-refractivity contribution in [2.24, 2.45) is 7.05 Å². The SMILES string of the molecule is Cn1cnc2cc(-c3cc(Nc4ccccc4N4CCOCC4)ncc3Cl)ccc21. The lowest BCUT2D eigenvalue weighted by Crippen LogP contribution is -2.36. The van der Waals surface area contributed by atoms with E-state index in [9.17, 15) is 0 Å². The summed E-state index contributed by atoms with van der Waals surface area (Å²) in [5, 5.41) is 4.09. The van der Waals surface area contributed by atoms with E-state index in [0.717, 1.165) is 65.7 Å². The molecule has 30 heavy (non-hydrogen) atoms. The van der Waals surface area contributed by atoms with Gasteiger partial charge in [0.25, 0.3) is 0 Å². The third kappa shape index (κ3) is 3.60. The number of fused-ring (bicyclic) bond motifs is 1. The third-order valence-corrected chi connectivity index (χ3v) is 5.71. The van der Waals surface area contributed by atoms with Crippen molar-refractivity contribution in [1.29, 1.82) is 0 Å². The number of morpholine rings is 1. The van der Waals surface area contributed by atoms with Gasteiger partial charge in [0, 0.05) is 31.9 Å². The highest BCUT2D eigenvalue weighted by molar-refractivity contribution is 6.33. The summed E-state index contributed by atoms with van der Waals surface area (Å²) in [5.41, 5.74) is 6.12. The lowest BCUT2D eigenvalue weighted by Gasteiger charge is -2.30. The first-order valence-electron chi connectivity index (χ1n) is 9.95. The first-order valence-corrected chi connectivity index (χ1v) is 10.3. The molecule has 0 saturated carbocycles. The number of hydrogen-bond acceptors (Lipinski definition) is 5. The summed E-state index contributed by atoms with van der Waals surface area (Å²) < 4.78 is 7.50. The van der Waals surface area contributed by atoms with Crippen LogP contribution in [0.15, 0.2) is 61.1 Å². The topological polar surface area (TPSA) is 55.2 Å². The van der Waals surface area contributed by atoms with Gasteiger partial charge in [-0.25, -0.2) is 9.97 Å². The molecular weight excluding hydrogens is 398 g/mol. The predicted molar refractivity (Wildman–Crippen MR) is 122 cm³/mol. The largest absolute Gasteiger partial charge is 0.378 e. The summed E-state index contributed by atoms with van der Waals surface area (Å²) in [4.78, 5) is 11.3. The van der Waals surface area contributed by atoms with Gasteiger partial charge in [0.1, 0.15) is 5.82 Å². The van der Waals surface area contributed by atoms with Gasteiger partial charge in [0.05, 0.1) is 47.0 Å². The summed E-state index contributed by atoms with van der Waals surface area (Å²) in [7, 11) is 1.99. The highest BCUT2D eigenvalue weighted by Crippen LogP contribution is 2.34. The molecule has 4 aromatic rings. The lowest BCUT2D eigenvalue weighted by molar-refractivity contribution is 0.123. The maximum absolute atomic E-state index is 6.51. The number of nitrogens with zero attached hydrogens (tertiary/aromatic N) is 4. The summed E-state index contributed by atoms with van der Waals surface area (Å²) in [6, 6.07) is 16.5. The number of pyridine rings is 1. The van der Waals surface area contributed by atoms with Gasteiger partial charge in [-0.2, -0.15) is 0 Å². The maximum Gasteiger partial charge on any atom is 0.131 e. The normalized spacial score (nSPS) is 14.3. The lowest BCUT2D eigenvalue weighted by atomic mass is 10.1. The number of imidazole rings is 1. The van der Waals surface area contributed by atoms with Crippen molar-refractivity contribution in [1.82, 2.24) is 14.5 Å². The molecule has 0 spiro atoms. The van der Waals surface area contributed by atoms with Gasteiger partial charge in [-0.1, -0.05) is 29.8 Å². The number of aromatic nitrogens is 3. The minimum absolute atomic E-state index is 0.609. The number of anilines is 3. The van der Waals surface area contributed by atoms with Gasteiger partial charge >= 0.3 is 0 Å². The van der Waals surface area contributed by atoms with Crippen molar-refractivity contribution >= 4 is 39.8 Å². The molecule has 3 heterocycles. The molecule has 5 rings (SSSR count). The van der Waals surface area contributed by atoms with E-state index < -0.39 is 0 Å². The number of benzene rings is 2. The van der Waals surface area contributed by atoms with E-state index >= 15 is 0 Å². The summed E-state index contributed by atoms with van der Waals surface area (Å²) in [6.07, 6.45) is 3.51. The second-order valence-electron chi connectivity index (χ2n) is 7.35. The molecule has 0 aliphatic carbocycles. The number of hydrogen-bond donors (Lipinski definition) is 1. The van der Waals surface area contributed by atoms with Crippen LogP contribution in [0.2, 0.25) is 5.02 Å². The molecule has 1 saturated heterocycles. The number of rotatable bonds is 4. The Hall–Kier alpha value is -3.09. The first kappa shape index (κ1) is 18.9. The molecule has 0 unspecified atom stereocenters. The fraction of sp³-hybridized carbons (Fsp3) is 0.217. The molecule has 0 atom stereocenters. The van der Waals surface area contributed by atoms with Crippen molar-refractivity contribution in [2.45, 2.75) is 0 Å². The van der Waals surface area contributed by atoms with Crippen LogP contribution in [0.4, 0.5) is 17.2 Å². The van der Waals surface area contributed by atoms with Crippen LogP contribution in [0.25, 0.3) is 22.2 Å². The second kappa shape index (κ2) is 7.97. The monoisotopic (exact) mass is 419 g/mol. The van der Waals surface area contributed by atoms with E-state index in [1.807, 2.05) is 30.1 Å². The van der Waals surface area contributed by atoms with Crippen LogP contribution in [0, 0.1) is 0 Å². The van der Waals surface area contributed by atoms with Gasteiger partial charge in [-0.05, 0) is 35.9 Å². The summed E-state index contributed by atoms with van der Waals surface area (Å²) in [5.74, 6) is 0.747. The predicted octanol–water partition coefficient (Wildman–Crippen LogP) is 4.87. The first-order chi connectivity index (χ1) is 14.7. The minimum atomic E-state index is 0.609. The zero-order valence-corrected chi connectivity index (χ0v) is 17.4. The standard InChI is InChI=1S/C23H22ClN5O/c1-28-15-26-20-12-16(6-7-21(20)28)17-13-23(25-14-18(17)24)27-19-4-2-3-5-22(19)29-8-10-30-11-9-29/h2-7,12-15H,8-11H2,1H3,(H,25,27). The van der Waals surface area contributed by atoms with Gasteiger partial charge < -0.3 is 19.5 Å². The number of nitrogens with one attached hydrogen (secondary N) is 1. The molecule has 6 nitrogen and oxygen atoms in total. The van der Waals surface area contributed by atoms with Crippen LogP contribution >= 0.6 is 11.6 Å². The van der Waals surface area contributed by atoms with Crippen molar-refractivity contribution in [3.8, 4) is 11.1 Å². The maximum atomic E-state index is 6.51. The van der Waals surface area contributed by atoms with E-state index in [2.05, 4.69) is 56.6 Å². The summed E-state index contributed by atoms with van der Waals surface area (Å²) in [6.45, 7) is 3.24. The van der Waals surface area contributed by atoms with Crippen LogP contribution in [-0.2, 0) is 11.8 Å². The highest BCUT2D eigenvalue weighted by Gasteiger charge is 2.15. The average Bonchev–Trinajstić information content (AvgIpc) is 3.16. The van der Waals surface area contributed by atoms with E-state index in [4.69, 9.17) is 16.3 Å². The quantitative estimate of drug-likeness (QED) is 0.511. The highest BCUT2D eigenvalue weighted by atomic mass is 35.5. The van der Waals surface area contributed by atoms with Gasteiger partial charge in [-0.15, -0.1) is 0 Å². The van der Waals surface area contributed by atoms with Crippen LogP contribution in [0.5, 0.6) is 0 Å². The molecule has 0 amide bonds. The Labute approximate surface area is 180 Å². The number of ether oxygens (including phenoxy) is 1. The Bertz CT molecular complexity index is 1200. The van der Waals surface area contributed by atoms with Crippen LogP contribution in [0.1, 0.15) is 0 Å². The van der Waals surface area contributed by atoms with Crippen LogP contribution in [-0.4, -0.2) is 40.8 Å². The Kier molecular flexibility index (Phi) is 5.02. The molecule has 1 N–H and O–H groups in total. The molecule has 1 fully saturated rings. The Balaban J connectivity index is 1.48. The van der Waals surface area contributed by atoms with Crippen molar-refractivity contribution in [3.63, 3.8) is 0 Å². The Morgan fingerprint density at radius 3 is 2.73 bits per heavy atom. The van der Waals surface area contributed by atoms with Crippen LogP contribution in [0.3, 0.4) is 0 Å². The van der Waals surface area contributed by atoms with Crippen LogP contribution < -0.4 is 10.2 Å². The fourth-order valence-electron chi connectivity index (χ4n) is 3.83. The molecule has 0 radical (unpaired) electrons. The third-order valence-electron chi connectivity index (χ3n) is 5.41. The van der Waals surface area contributed by atoms with Gasteiger partial charge in [0.2, 0.25) is 0 Å². The zero-order chi connectivity index (χ0) is 20.5. The molecule has 7 heteroatoms. The number of halogens is 1. The van der Waals surface area contributed by atoms with Crippen molar-refractivity contribution < 1.29 is 4.74 Å². The van der Waals surface area contributed by atoms with E-state index in [1.54, 1.807) is 6.20 Å². The van der Waals surface area contributed by atoms with E-state index in [1.165, 1.54) is 0 Å². The second-order valence-corrected chi connectivity index (χ2v) is 7.76. The van der Waals surface area contributed by atoms with E-state index in [0.29, 0.717) is 5.02 Å². The molecule has 0 bridgehead atoms. The summed E-state index contributed by atoms with van der Waals surface area (Å²) >= 11 is 6.51.